The molecule has 4 heteroatoms. The third-order valence-corrected chi connectivity index (χ3v) is 2.21. The van der Waals surface area contributed by atoms with Gasteiger partial charge < -0.3 is 10.2 Å². The minimum atomic E-state index is -0.981. The molecule has 0 aliphatic carbocycles. The molecule has 1 heterocycles. The number of thiophene rings is 1. The molecule has 1 unspecified atom stereocenters. The number of aliphatic carboxylic acids is 1. The first-order valence-electron chi connectivity index (χ1n) is 3.13. The third kappa shape index (κ3) is 2.32. The summed E-state index contributed by atoms with van der Waals surface area (Å²) in [6, 6.07) is 3.50. The van der Waals surface area contributed by atoms with Crippen LogP contribution in [0, 0.1) is 0 Å². The molecule has 2 N–H and O–H groups in total. The van der Waals surface area contributed by atoms with Crippen molar-refractivity contribution in [1.29, 1.82) is 0 Å². The number of aliphatic hydroxyl groups excluding tert-OH is 1. The monoisotopic (exact) mass is 172 g/mol. The van der Waals surface area contributed by atoms with Crippen LogP contribution in [0.2, 0.25) is 0 Å². The largest absolute Gasteiger partial charge is 0.481 e. The lowest BCUT2D eigenvalue weighted by Gasteiger charge is -2.02. The van der Waals surface area contributed by atoms with E-state index in [1.807, 2.05) is 0 Å². The highest BCUT2D eigenvalue weighted by atomic mass is 32.1. The molecule has 1 aromatic rings. The van der Waals surface area contributed by atoms with Crippen LogP contribution in [0.5, 0.6) is 0 Å². The molecule has 1 rings (SSSR count). The number of carboxylic acids is 1. The predicted octanol–water partition coefficient (Wildman–Crippen LogP) is 1.26. The Labute approximate surface area is 67.9 Å². The zero-order valence-electron chi connectivity index (χ0n) is 5.73. The normalized spacial score (nSPS) is 12.8. The number of rotatable bonds is 3. The Bertz CT molecular complexity index is 230. The van der Waals surface area contributed by atoms with Crippen LogP contribution in [0.4, 0.5) is 0 Å². The van der Waals surface area contributed by atoms with Crippen molar-refractivity contribution in [3.63, 3.8) is 0 Å². The molecule has 0 aromatic carbocycles. The van der Waals surface area contributed by atoms with E-state index in [4.69, 9.17) is 5.11 Å². The highest BCUT2D eigenvalue weighted by Gasteiger charge is 2.11. The Balaban J connectivity index is 2.56. The second-order valence-corrected chi connectivity index (χ2v) is 3.11. The maximum Gasteiger partial charge on any atom is 0.306 e. The standard InChI is InChI=1S/C7H8O3S/c8-5(4-7(9)10)6-2-1-3-11-6/h1-3,5,8H,4H2,(H,9,10). The van der Waals surface area contributed by atoms with E-state index in [0.29, 0.717) is 4.88 Å². The zero-order chi connectivity index (χ0) is 8.27. The predicted molar refractivity (Wildman–Crippen MR) is 41.5 cm³/mol. The number of carbonyl (C=O) groups is 1. The summed E-state index contributed by atoms with van der Waals surface area (Å²) in [5.74, 6) is -0.981. The van der Waals surface area contributed by atoms with Crippen molar-refractivity contribution >= 4 is 17.3 Å². The number of hydrogen-bond acceptors (Lipinski definition) is 3. The highest BCUT2D eigenvalue weighted by molar-refractivity contribution is 7.10. The maximum atomic E-state index is 10.1. The Kier molecular flexibility index (Phi) is 2.62. The molecule has 0 amide bonds. The van der Waals surface area contributed by atoms with Gasteiger partial charge in [0.05, 0.1) is 12.5 Å². The summed E-state index contributed by atoms with van der Waals surface area (Å²) in [6.45, 7) is 0. The number of carboxylic acid groups (broad SMARTS) is 1. The smallest absolute Gasteiger partial charge is 0.306 e. The average molecular weight is 172 g/mol. The van der Waals surface area contributed by atoms with E-state index in [1.165, 1.54) is 11.3 Å². The average Bonchev–Trinajstić information content (AvgIpc) is 2.35. The van der Waals surface area contributed by atoms with Gasteiger partial charge in [-0.3, -0.25) is 4.79 Å². The van der Waals surface area contributed by atoms with Crippen LogP contribution in [0.1, 0.15) is 17.4 Å². The number of aliphatic hydroxyl groups is 1. The van der Waals surface area contributed by atoms with E-state index >= 15 is 0 Å². The Morgan fingerprint density at radius 1 is 1.73 bits per heavy atom. The third-order valence-electron chi connectivity index (χ3n) is 1.24. The Morgan fingerprint density at radius 2 is 2.45 bits per heavy atom. The van der Waals surface area contributed by atoms with Gasteiger partial charge in [-0.25, -0.2) is 0 Å². The van der Waals surface area contributed by atoms with Crippen LogP contribution < -0.4 is 0 Å². The topological polar surface area (TPSA) is 57.5 Å². The van der Waals surface area contributed by atoms with Crippen molar-refractivity contribution in [3.05, 3.63) is 22.4 Å². The molecule has 0 radical (unpaired) electrons. The molecule has 0 aliphatic heterocycles. The fourth-order valence-electron chi connectivity index (χ4n) is 0.747. The van der Waals surface area contributed by atoms with Crippen molar-refractivity contribution in [3.8, 4) is 0 Å². The SMILES string of the molecule is O=C(O)CC(O)c1cccs1. The maximum absolute atomic E-state index is 10.1. The molecule has 1 aromatic heterocycles. The van der Waals surface area contributed by atoms with Crippen molar-refractivity contribution < 1.29 is 15.0 Å². The zero-order valence-corrected chi connectivity index (χ0v) is 6.54. The van der Waals surface area contributed by atoms with Crippen LogP contribution in [0.15, 0.2) is 17.5 Å². The quantitative estimate of drug-likeness (QED) is 0.721. The first-order chi connectivity index (χ1) is 5.20. The molecule has 1 atom stereocenters. The molecule has 0 bridgehead atoms. The summed E-state index contributed by atoms with van der Waals surface area (Å²) in [5.41, 5.74) is 0. The van der Waals surface area contributed by atoms with Gasteiger partial charge in [0.1, 0.15) is 0 Å². The summed E-state index contributed by atoms with van der Waals surface area (Å²) in [6.07, 6.45) is -1.08. The fourth-order valence-corrected chi connectivity index (χ4v) is 1.46. The van der Waals surface area contributed by atoms with Gasteiger partial charge in [0.15, 0.2) is 0 Å². The molecule has 0 spiro atoms. The van der Waals surface area contributed by atoms with Gasteiger partial charge >= 0.3 is 5.97 Å². The van der Waals surface area contributed by atoms with E-state index in [-0.39, 0.29) is 6.42 Å². The van der Waals surface area contributed by atoms with E-state index in [2.05, 4.69) is 0 Å². The van der Waals surface area contributed by atoms with Crippen molar-refractivity contribution in [2.45, 2.75) is 12.5 Å². The second kappa shape index (κ2) is 3.50. The summed E-state index contributed by atoms with van der Waals surface area (Å²) in [4.78, 5) is 10.9. The van der Waals surface area contributed by atoms with Crippen LogP contribution >= 0.6 is 11.3 Å². The fraction of sp³-hybridized carbons (Fsp3) is 0.286. The lowest BCUT2D eigenvalue weighted by Crippen LogP contribution is -2.03. The van der Waals surface area contributed by atoms with E-state index in [0.717, 1.165) is 0 Å². The van der Waals surface area contributed by atoms with Gasteiger partial charge in [-0.1, -0.05) is 6.07 Å². The minimum absolute atomic E-state index is 0.222. The van der Waals surface area contributed by atoms with Crippen molar-refractivity contribution in [1.82, 2.24) is 0 Å². The van der Waals surface area contributed by atoms with Gasteiger partial charge in [-0.15, -0.1) is 11.3 Å². The van der Waals surface area contributed by atoms with E-state index < -0.39 is 12.1 Å². The van der Waals surface area contributed by atoms with Crippen molar-refractivity contribution in [2.24, 2.45) is 0 Å². The minimum Gasteiger partial charge on any atom is -0.481 e. The molecular formula is C7H8O3S. The molecule has 0 aliphatic rings. The Morgan fingerprint density at radius 3 is 2.91 bits per heavy atom. The molecule has 60 valence electrons. The van der Waals surface area contributed by atoms with Crippen LogP contribution in [-0.4, -0.2) is 16.2 Å². The van der Waals surface area contributed by atoms with Crippen molar-refractivity contribution in [2.75, 3.05) is 0 Å². The lowest BCUT2D eigenvalue weighted by atomic mass is 10.2. The summed E-state index contributed by atoms with van der Waals surface area (Å²) in [7, 11) is 0. The lowest BCUT2D eigenvalue weighted by molar-refractivity contribution is -0.139. The van der Waals surface area contributed by atoms with E-state index in [1.54, 1.807) is 17.5 Å². The first-order valence-corrected chi connectivity index (χ1v) is 4.01. The molecule has 0 fully saturated rings. The Hall–Kier alpha value is -0.870. The molecule has 0 saturated carbocycles. The molecular weight excluding hydrogens is 164 g/mol. The van der Waals surface area contributed by atoms with Gasteiger partial charge in [-0.2, -0.15) is 0 Å². The van der Waals surface area contributed by atoms with E-state index in [9.17, 15) is 9.90 Å². The van der Waals surface area contributed by atoms with Crippen LogP contribution in [0.25, 0.3) is 0 Å². The van der Waals surface area contributed by atoms with Gasteiger partial charge in [-0.05, 0) is 11.4 Å². The molecule has 0 saturated heterocycles. The van der Waals surface area contributed by atoms with Crippen LogP contribution in [0.3, 0.4) is 0 Å². The second-order valence-electron chi connectivity index (χ2n) is 2.13. The van der Waals surface area contributed by atoms with Gasteiger partial charge in [0.2, 0.25) is 0 Å². The molecule has 11 heavy (non-hydrogen) atoms. The summed E-state index contributed by atoms with van der Waals surface area (Å²) in [5, 5.41) is 19.3. The number of hydrogen-bond donors (Lipinski definition) is 2. The first kappa shape index (κ1) is 8.23. The highest BCUT2D eigenvalue weighted by Crippen LogP contribution is 2.21. The van der Waals surface area contributed by atoms with Crippen LogP contribution in [-0.2, 0) is 4.79 Å². The van der Waals surface area contributed by atoms with Gasteiger partial charge in [0.25, 0.3) is 0 Å². The summed E-state index contributed by atoms with van der Waals surface area (Å²) < 4.78 is 0. The van der Waals surface area contributed by atoms with Gasteiger partial charge in [0, 0.05) is 4.88 Å². The summed E-state index contributed by atoms with van der Waals surface area (Å²) >= 11 is 1.36. The molecule has 3 nitrogen and oxygen atoms in total.